The third-order valence-corrected chi connectivity index (χ3v) is 17.5. The summed E-state index contributed by atoms with van der Waals surface area (Å²) in [6.07, 6.45) is -2.67. The molecule has 0 N–H and O–H groups in total. The quantitative estimate of drug-likeness (QED) is 0.569. The van der Waals surface area contributed by atoms with E-state index in [0.717, 1.165) is 0 Å². The molecule has 0 unspecified atom stereocenters. The molecular formula is C6H14KO3PSe. The van der Waals surface area contributed by atoms with E-state index in [1.807, 2.05) is 27.7 Å². The van der Waals surface area contributed by atoms with Gasteiger partial charge in [-0.1, -0.05) is 0 Å². The molecule has 0 aliphatic carbocycles. The van der Waals surface area contributed by atoms with Gasteiger partial charge in [-0.2, -0.15) is 0 Å². The van der Waals surface area contributed by atoms with Crippen molar-refractivity contribution in [3.05, 3.63) is 0 Å². The zero-order valence-corrected chi connectivity index (χ0v) is 14.0. The Morgan fingerprint density at radius 1 is 1.17 bits per heavy atom. The fourth-order valence-corrected chi connectivity index (χ4v) is 9.32. The number of hydrogen-bond donors (Lipinski definition) is 0. The molecule has 0 aliphatic heterocycles. The van der Waals surface area contributed by atoms with E-state index in [2.05, 4.69) is 0 Å². The van der Waals surface area contributed by atoms with Crippen LogP contribution >= 0.6 is 6.29 Å². The van der Waals surface area contributed by atoms with Crippen LogP contribution in [0.15, 0.2) is 0 Å². The minimum atomic E-state index is -2.67. The summed E-state index contributed by atoms with van der Waals surface area (Å²) in [6.45, 7) is 7.54. The molecule has 3 nitrogen and oxygen atoms in total. The molecule has 0 aliphatic rings. The van der Waals surface area contributed by atoms with E-state index in [1.165, 1.54) is 0 Å². The summed E-state index contributed by atoms with van der Waals surface area (Å²) in [5.41, 5.74) is 0. The topological polar surface area (TPSA) is 35.5 Å². The summed E-state index contributed by atoms with van der Waals surface area (Å²) in [5.74, 6) is 0. The van der Waals surface area contributed by atoms with Gasteiger partial charge in [0.25, 0.3) is 0 Å². The van der Waals surface area contributed by atoms with Gasteiger partial charge >= 0.3 is 110 Å². The third-order valence-electron chi connectivity index (χ3n) is 0.903. The zero-order valence-electron chi connectivity index (χ0n) is 8.23. The van der Waals surface area contributed by atoms with E-state index < -0.39 is 6.29 Å². The maximum absolute atomic E-state index is 11.8. The molecule has 0 aromatic carbocycles. The molecule has 68 valence electrons. The maximum atomic E-state index is 11.8. The van der Waals surface area contributed by atoms with Crippen molar-refractivity contribution in [2.24, 2.45) is 0 Å². The molecule has 0 saturated carbocycles. The Morgan fingerprint density at radius 3 is 1.67 bits per heavy atom. The van der Waals surface area contributed by atoms with Crippen molar-refractivity contribution in [2.75, 3.05) is 0 Å². The monoisotopic (exact) mass is 284 g/mol. The van der Waals surface area contributed by atoms with Crippen LogP contribution in [0.3, 0.4) is 0 Å². The van der Waals surface area contributed by atoms with Crippen LogP contribution in [0, 0.1) is 0 Å². The van der Waals surface area contributed by atoms with Crippen molar-refractivity contribution in [1.29, 1.82) is 0 Å². The predicted molar refractivity (Wildman–Crippen MR) is 51.6 cm³/mol. The van der Waals surface area contributed by atoms with Crippen molar-refractivity contribution < 1.29 is 13.6 Å². The minimum absolute atomic E-state index is 0.00110. The summed E-state index contributed by atoms with van der Waals surface area (Å²) in [6, 6.07) is 0. The predicted octanol–water partition coefficient (Wildman–Crippen LogP) is 1.73. The average Bonchev–Trinajstić information content (AvgIpc) is 1.83. The van der Waals surface area contributed by atoms with E-state index >= 15 is 0 Å². The van der Waals surface area contributed by atoms with Crippen LogP contribution in [-0.2, 0) is 13.6 Å². The Balaban J connectivity index is 4.15. The van der Waals surface area contributed by atoms with Crippen LogP contribution in [0.1, 0.15) is 27.7 Å². The van der Waals surface area contributed by atoms with Gasteiger partial charge in [0.2, 0.25) is 0 Å². The van der Waals surface area contributed by atoms with Crippen LogP contribution in [0.2, 0.25) is 0 Å². The molecule has 6 heteroatoms. The Hall–Kier alpha value is 2.31. The summed E-state index contributed by atoms with van der Waals surface area (Å²) >= 11 is 0.569. The molecule has 0 radical (unpaired) electrons. The first-order chi connectivity index (χ1) is 5.39. The van der Waals surface area contributed by atoms with Crippen molar-refractivity contribution in [1.82, 2.24) is 0 Å². The second kappa shape index (κ2) is 6.73. The van der Waals surface area contributed by atoms with E-state index in [4.69, 9.17) is 9.05 Å². The Bertz CT molecular complexity index is 160. The van der Waals surface area contributed by atoms with Crippen molar-refractivity contribution in [3.63, 3.8) is 0 Å². The Morgan fingerprint density at radius 2 is 1.50 bits per heavy atom. The first kappa shape index (κ1) is 14.3. The van der Waals surface area contributed by atoms with Gasteiger partial charge < -0.3 is 0 Å². The Kier molecular flexibility index (Phi) is 8.02. The molecule has 0 aromatic heterocycles. The van der Waals surface area contributed by atoms with Gasteiger partial charge in [0, 0.05) is 0 Å². The summed E-state index contributed by atoms with van der Waals surface area (Å²) in [4.78, 5) is 0. The van der Waals surface area contributed by atoms with Gasteiger partial charge in [0.15, 0.2) is 0 Å². The number of rotatable bonds is 5. The standard InChI is InChI=1S/C6H15O3PSe.K/c1-5(2)8-10(7,11)9-6(3)4;/h5-6H,1-4H3,(H,7,11);/q;+1/p-1. The van der Waals surface area contributed by atoms with Gasteiger partial charge in [-0.15, -0.1) is 0 Å². The van der Waals surface area contributed by atoms with Gasteiger partial charge in [-0.05, 0) is 0 Å². The fraction of sp³-hybridized carbons (Fsp3) is 1.00. The van der Waals surface area contributed by atoms with Gasteiger partial charge in [-0.25, -0.2) is 0 Å². The van der Waals surface area contributed by atoms with Crippen LogP contribution in [0.5, 0.6) is 0 Å². The first-order valence-corrected chi connectivity index (χ1v) is 16.0. The van der Waals surface area contributed by atoms with Crippen LogP contribution in [0.4, 0.5) is 0 Å². The Labute approximate surface area is 108 Å². The second-order valence-corrected chi connectivity index (χ2v) is 18.6. The normalized spacial score (nSPS) is 13.0. The molecule has 0 bridgehead atoms. The molecule has 0 aromatic rings. The third kappa shape index (κ3) is 6.71. The molecule has 0 fully saturated rings. The van der Waals surface area contributed by atoms with Crippen molar-refractivity contribution in [2.45, 2.75) is 39.9 Å². The SMILES string of the molecule is CC(C)OP(=O)(OC(C)C)[Se][K]. The van der Waals surface area contributed by atoms with Crippen molar-refractivity contribution in [3.8, 4) is 0 Å². The molecule has 0 rings (SSSR count). The molecule has 0 saturated heterocycles. The van der Waals surface area contributed by atoms with Crippen LogP contribution < -0.4 is 0 Å². The molecule has 12 heavy (non-hydrogen) atoms. The molecule has 0 atom stereocenters. The second-order valence-electron chi connectivity index (χ2n) is 2.94. The van der Waals surface area contributed by atoms with E-state index in [-0.39, 0.29) is 17.4 Å². The molecule has 0 spiro atoms. The number of hydrogen-bond acceptors (Lipinski definition) is 3. The van der Waals surface area contributed by atoms with Gasteiger partial charge in [0.05, 0.1) is 0 Å². The summed E-state index contributed by atoms with van der Waals surface area (Å²) in [5, 5.41) is 0.0918. The van der Waals surface area contributed by atoms with E-state index in [1.54, 1.807) is 0 Å². The average molecular weight is 283 g/mol. The van der Waals surface area contributed by atoms with Crippen LogP contribution in [-0.4, -0.2) is 62.7 Å². The zero-order chi connectivity index (χ0) is 9.78. The summed E-state index contributed by atoms with van der Waals surface area (Å²) in [7, 11) is 0. The fourth-order valence-electron chi connectivity index (χ4n) is 0.627. The van der Waals surface area contributed by atoms with Gasteiger partial charge in [0.1, 0.15) is 0 Å². The van der Waals surface area contributed by atoms with E-state index in [0.29, 0.717) is 45.4 Å². The summed E-state index contributed by atoms with van der Waals surface area (Å²) < 4.78 is 22.4. The van der Waals surface area contributed by atoms with E-state index in [9.17, 15) is 4.57 Å². The first-order valence-electron chi connectivity index (χ1n) is 3.92. The molecular weight excluding hydrogens is 269 g/mol. The van der Waals surface area contributed by atoms with Crippen LogP contribution in [0.25, 0.3) is 0 Å². The van der Waals surface area contributed by atoms with Crippen molar-refractivity contribution >= 4 is 56.8 Å². The molecule has 0 amide bonds. The molecule has 0 heterocycles. The van der Waals surface area contributed by atoms with Gasteiger partial charge in [-0.3, -0.25) is 0 Å².